The first-order valence-corrected chi connectivity index (χ1v) is 17.4. The summed E-state index contributed by atoms with van der Waals surface area (Å²) in [6, 6.07) is 15.5. The molecule has 4 aromatic rings. The van der Waals surface area contributed by atoms with E-state index in [4.69, 9.17) is 14.2 Å². The number of hydrogen-bond acceptors (Lipinski definition) is 8. The topological polar surface area (TPSA) is 98.8 Å². The zero-order chi connectivity index (χ0) is 33.3. The molecule has 11 heteroatoms. The molecule has 1 saturated heterocycles. The van der Waals surface area contributed by atoms with Gasteiger partial charge in [0, 0.05) is 35.8 Å². The molecule has 250 valence electrons. The Labute approximate surface area is 281 Å². The highest BCUT2D eigenvalue weighted by Crippen LogP contribution is 2.48. The van der Waals surface area contributed by atoms with Gasteiger partial charge in [-0.2, -0.15) is 11.8 Å². The quantitative estimate of drug-likeness (QED) is 0.143. The number of hydrogen-bond donors (Lipinski definition) is 2. The summed E-state index contributed by atoms with van der Waals surface area (Å²) in [5.41, 5.74) is 0.281. The number of nitrogens with one attached hydrogen (secondary N) is 2. The van der Waals surface area contributed by atoms with Crippen LogP contribution in [0.25, 0.3) is 10.9 Å². The van der Waals surface area contributed by atoms with Crippen LogP contribution in [-0.4, -0.2) is 53.5 Å². The summed E-state index contributed by atoms with van der Waals surface area (Å²) in [7, 11) is 1.58. The number of anilines is 1. The van der Waals surface area contributed by atoms with Gasteiger partial charge in [0.15, 0.2) is 28.8 Å². The van der Waals surface area contributed by atoms with E-state index in [1.807, 2.05) is 17.8 Å². The predicted molar refractivity (Wildman–Crippen MR) is 181 cm³/mol. The Hall–Kier alpha value is -4.22. The molecule has 2 saturated carbocycles. The lowest BCUT2D eigenvalue weighted by molar-refractivity contribution is -0.132. The first kappa shape index (κ1) is 32.3. The number of halogens is 2. The number of rotatable bonds is 13. The summed E-state index contributed by atoms with van der Waals surface area (Å²) in [6.07, 6.45) is 6.82. The van der Waals surface area contributed by atoms with E-state index in [9.17, 15) is 14.0 Å². The number of ether oxygens (including phenoxy) is 3. The normalized spacial score (nSPS) is 17.8. The van der Waals surface area contributed by atoms with Gasteiger partial charge in [0.25, 0.3) is 0 Å². The summed E-state index contributed by atoms with van der Waals surface area (Å²) < 4.78 is 46.6. The number of fused-ring (bicyclic) bond motifs is 1. The number of ketones is 1. The first-order chi connectivity index (χ1) is 23.3. The van der Waals surface area contributed by atoms with Crippen LogP contribution >= 0.6 is 11.8 Å². The lowest BCUT2D eigenvalue weighted by Crippen LogP contribution is -2.45. The predicted octanol–water partition coefficient (Wildman–Crippen LogP) is 7.24. The summed E-state index contributed by atoms with van der Waals surface area (Å²) in [5, 5.41) is 7.16. The number of pyridine rings is 1. The van der Waals surface area contributed by atoms with Crippen molar-refractivity contribution in [1.82, 2.24) is 10.3 Å². The summed E-state index contributed by atoms with van der Waals surface area (Å²) in [5.74, 6) is 2.07. The second-order valence-electron chi connectivity index (χ2n) is 12.9. The minimum absolute atomic E-state index is 0.00498. The summed E-state index contributed by atoms with van der Waals surface area (Å²) >= 11 is 2.01. The Morgan fingerprint density at radius 2 is 1.69 bits per heavy atom. The van der Waals surface area contributed by atoms with Gasteiger partial charge in [0.05, 0.1) is 18.2 Å². The highest BCUT2D eigenvalue weighted by molar-refractivity contribution is 7.99. The van der Waals surface area contributed by atoms with Gasteiger partial charge in [0.2, 0.25) is 5.91 Å². The van der Waals surface area contributed by atoms with Gasteiger partial charge in [-0.05, 0) is 104 Å². The van der Waals surface area contributed by atoms with E-state index in [-0.39, 0.29) is 23.5 Å². The van der Waals surface area contributed by atoms with Crippen molar-refractivity contribution in [2.75, 3.05) is 30.5 Å². The molecule has 2 heterocycles. The van der Waals surface area contributed by atoms with Crippen LogP contribution in [0, 0.1) is 17.0 Å². The van der Waals surface area contributed by atoms with E-state index in [1.165, 1.54) is 60.7 Å². The summed E-state index contributed by atoms with van der Waals surface area (Å²) in [6.45, 7) is 0.537. The Morgan fingerprint density at radius 1 is 0.917 bits per heavy atom. The fraction of sp³-hybridized carbons (Fsp3) is 0.378. The molecule has 0 bridgehead atoms. The fourth-order valence-electron chi connectivity index (χ4n) is 6.21. The van der Waals surface area contributed by atoms with Gasteiger partial charge >= 0.3 is 0 Å². The van der Waals surface area contributed by atoms with Crippen molar-refractivity contribution < 1.29 is 32.6 Å². The average Bonchev–Trinajstić information content (AvgIpc) is 4.03. The molecule has 2 N–H and O–H groups in total. The standard InChI is InChI=1S/C37H37F2N3O5S/c1-45-32-20-27-29(21-33(32)46-22-36(11-12-36)42-26-9-16-48-17-10-26)40-15-8-30(27)47-31-7-2-23(18-28(31)39)19-34(43)37(13-14-37)35(44)41-25-5-3-24(38)4-6-25/h2-8,15,18,20-21,26,42H,9-14,16-17,19,22H2,1H3,(H,41,44). The molecule has 0 radical (unpaired) electrons. The Balaban J connectivity index is 1.02. The maximum absolute atomic E-state index is 15.4. The van der Waals surface area contributed by atoms with Crippen LogP contribution in [0.5, 0.6) is 23.0 Å². The number of carbonyl (C=O) groups is 2. The minimum Gasteiger partial charge on any atom is -0.493 e. The fourth-order valence-corrected chi connectivity index (χ4v) is 7.32. The van der Waals surface area contributed by atoms with Crippen molar-refractivity contribution in [3.05, 3.63) is 84.1 Å². The van der Waals surface area contributed by atoms with E-state index in [2.05, 4.69) is 15.6 Å². The van der Waals surface area contributed by atoms with Crippen LogP contribution in [0.1, 0.15) is 44.1 Å². The zero-order valence-electron chi connectivity index (χ0n) is 26.7. The highest BCUT2D eigenvalue weighted by atomic mass is 32.2. The molecule has 8 nitrogen and oxygen atoms in total. The molecule has 0 atom stereocenters. The SMILES string of the molecule is COc1cc2c(Oc3ccc(CC(=O)C4(C(=O)Nc5ccc(F)cc5)CC4)cc3F)ccnc2cc1OCC1(NC2CCSCC2)CC1. The Kier molecular flexibility index (Phi) is 9.00. The zero-order valence-corrected chi connectivity index (χ0v) is 27.5. The van der Waals surface area contributed by atoms with Gasteiger partial charge < -0.3 is 24.8 Å². The molecular formula is C37H37F2N3O5S. The highest BCUT2D eigenvalue weighted by Gasteiger charge is 2.55. The van der Waals surface area contributed by atoms with Crippen molar-refractivity contribution in [3.8, 4) is 23.0 Å². The molecule has 0 unspecified atom stereocenters. The number of carbonyl (C=O) groups excluding carboxylic acids is 2. The van der Waals surface area contributed by atoms with Crippen LogP contribution in [-0.2, 0) is 16.0 Å². The monoisotopic (exact) mass is 673 g/mol. The number of thioether (sulfide) groups is 1. The van der Waals surface area contributed by atoms with Crippen LogP contribution < -0.4 is 24.8 Å². The molecule has 48 heavy (non-hydrogen) atoms. The van der Waals surface area contributed by atoms with Crippen molar-refractivity contribution in [3.63, 3.8) is 0 Å². The van der Waals surface area contributed by atoms with Gasteiger partial charge in [0.1, 0.15) is 23.6 Å². The first-order valence-electron chi connectivity index (χ1n) is 16.3. The third-order valence-electron chi connectivity index (χ3n) is 9.48. The number of nitrogens with zero attached hydrogens (tertiary/aromatic N) is 1. The van der Waals surface area contributed by atoms with Gasteiger partial charge in [-0.15, -0.1) is 0 Å². The van der Waals surface area contributed by atoms with Gasteiger partial charge in [-0.1, -0.05) is 6.07 Å². The van der Waals surface area contributed by atoms with E-state index in [1.54, 1.807) is 31.5 Å². The van der Waals surface area contributed by atoms with E-state index >= 15 is 4.39 Å². The Bertz CT molecular complexity index is 1840. The molecule has 3 fully saturated rings. The third kappa shape index (κ3) is 6.98. The molecule has 7 rings (SSSR count). The maximum Gasteiger partial charge on any atom is 0.238 e. The molecular weight excluding hydrogens is 636 g/mol. The maximum atomic E-state index is 15.4. The van der Waals surface area contributed by atoms with Crippen molar-refractivity contribution in [2.45, 2.75) is 56.5 Å². The molecule has 1 amide bonds. The van der Waals surface area contributed by atoms with Crippen LogP contribution in [0.2, 0.25) is 0 Å². The second kappa shape index (κ2) is 13.4. The number of Topliss-reactive ketones (excluding diaryl/α,β-unsaturated/α-hetero) is 1. The number of benzene rings is 3. The second-order valence-corrected chi connectivity index (χ2v) is 14.2. The molecule has 2 aliphatic carbocycles. The lowest BCUT2D eigenvalue weighted by atomic mass is 9.94. The molecule has 1 aliphatic heterocycles. The van der Waals surface area contributed by atoms with Crippen molar-refractivity contribution in [1.29, 1.82) is 0 Å². The largest absolute Gasteiger partial charge is 0.493 e. The molecule has 3 aromatic carbocycles. The van der Waals surface area contributed by atoms with Crippen molar-refractivity contribution in [2.24, 2.45) is 5.41 Å². The number of amides is 1. The third-order valence-corrected chi connectivity index (χ3v) is 10.5. The van der Waals surface area contributed by atoms with Gasteiger partial charge in [-0.25, -0.2) is 8.78 Å². The van der Waals surface area contributed by atoms with Gasteiger partial charge in [-0.3, -0.25) is 14.6 Å². The smallest absolute Gasteiger partial charge is 0.238 e. The lowest BCUT2D eigenvalue weighted by Gasteiger charge is -2.28. The molecule has 3 aliphatic rings. The Morgan fingerprint density at radius 3 is 2.38 bits per heavy atom. The van der Waals surface area contributed by atoms with E-state index in [0.717, 1.165) is 12.8 Å². The molecule has 0 spiro atoms. The van der Waals surface area contributed by atoms with Crippen LogP contribution in [0.15, 0.2) is 66.9 Å². The van der Waals surface area contributed by atoms with Crippen LogP contribution in [0.4, 0.5) is 14.5 Å². The van der Waals surface area contributed by atoms with Crippen molar-refractivity contribution >= 4 is 40.0 Å². The number of methoxy groups -OCH3 is 1. The molecule has 1 aromatic heterocycles. The minimum atomic E-state index is -1.16. The average molecular weight is 674 g/mol. The summed E-state index contributed by atoms with van der Waals surface area (Å²) in [4.78, 5) is 30.6. The van der Waals surface area contributed by atoms with Crippen LogP contribution in [0.3, 0.4) is 0 Å². The number of aromatic nitrogens is 1. The van der Waals surface area contributed by atoms with E-state index < -0.39 is 23.0 Å². The van der Waals surface area contributed by atoms with E-state index in [0.29, 0.717) is 64.9 Å².